The Morgan fingerprint density at radius 3 is 2.77 bits per heavy atom. The molecule has 118 valence electrons. The van der Waals surface area contributed by atoms with Gasteiger partial charge in [-0.15, -0.1) is 5.10 Å². The number of ether oxygens (including phenoxy) is 1. The summed E-state index contributed by atoms with van der Waals surface area (Å²) in [4.78, 5) is 23.8. The van der Waals surface area contributed by atoms with Crippen LogP contribution in [0.15, 0.2) is 12.3 Å². The van der Waals surface area contributed by atoms with Gasteiger partial charge in [-0.25, -0.2) is 4.79 Å². The Labute approximate surface area is 127 Å². The van der Waals surface area contributed by atoms with Crippen molar-refractivity contribution in [1.29, 1.82) is 0 Å². The lowest BCUT2D eigenvalue weighted by atomic mass is 10.0. The van der Waals surface area contributed by atoms with Gasteiger partial charge in [-0.05, 0) is 20.8 Å². The smallest absolute Gasteiger partial charge is 0.356 e. The van der Waals surface area contributed by atoms with Crippen molar-refractivity contribution >= 4 is 11.9 Å². The lowest BCUT2D eigenvalue weighted by Crippen LogP contribution is -2.41. The average Bonchev–Trinajstić information content (AvgIpc) is 3.07. The normalized spacial score (nSPS) is 11.3. The highest BCUT2D eigenvalue weighted by molar-refractivity contribution is 5.96. The van der Waals surface area contributed by atoms with Crippen molar-refractivity contribution in [2.75, 3.05) is 6.61 Å². The predicted octanol–water partition coefficient (Wildman–Crippen LogP) is 0.380. The van der Waals surface area contributed by atoms with E-state index in [9.17, 15) is 9.59 Å². The van der Waals surface area contributed by atoms with Crippen LogP contribution in [-0.2, 0) is 17.3 Å². The molecule has 0 unspecified atom stereocenters. The Kier molecular flexibility index (Phi) is 4.25. The number of H-pyrrole nitrogens is 1. The molecule has 0 aliphatic carbocycles. The number of rotatable bonds is 5. The standard InChI is InChI=1S/C13H18N6O3/c1-5-22-12(21)9-6-8(15-16-9)11(20)14-13(2,3)10-7-19(4)18-17-10/h6-7H,5H2,1-4H3,(H,14,20)(H,15,16). The van der Waals surface area contributed by atoms with Gasteiger partial charge in [-0.2, -0.15) is 5.10 Å². The molecular formula is C13H18N6O3. The lowest BCUT2D eigenvalue weighted by Gasteiger charge is -2.22. The Balaban J connectivity index is 2.10. The molecule has 9 nitrogen and oxygen atoms in total. The molecule has 0 fully saturated rings. The third-order valence-electron chi connectivity index (χ3n) is 2.97. The fraction of sp³-hybridized carbons (Fsp3) is 0.462. The summed E-state index contributed by atoms with van der Waals surface area (Å²) in [5.74, 6) is -0.982. The van der Waals surface area contributed by atoms with Gasteiger partial charge in [0.15, 0.2) is 5.69 Å². The van der Waals surface area contributed by atoms with Crippen LogP contribution in [0, 0.1) is 0 Å². The zero-order chi connectivity index (χ0) is 16.3. The summed E-state index contributed by atoms with van der Waals surface area (Å²) in [6, 6.07) is 1.35. The molecule has 0 aliphatic rings. The van der Waals surface area contributed by atoms with Crippen LogP contribution in [0.25, 0.3) is 0 Å². The van der Waals surface area contributed by atoms with Crippen molar-refractivity contribution in [1.82, 2.24) is 30.5 Å². The SMILES string of the molecule is CCOC(=O)c1cc(C(=O)NC(C)(C)c2cn(C)nn2)n[nH]1. The number of nitrogens with one attached hydrogen (secondary N) is 2. The molecule has 2 aromatic rings. The quantitative estimate of drug-likeness (QED) is 0.772. The van der Waals surface area contributed by atoms with Crippen molar-refractivity contribution in [2.45, 2.75) is 26.3 Å². The topological polar surface area (TPSA) is 115 Å². The van der Waals surface area contributed by atoms with Crippen molar-refractivity contribution in [2.24, 2.45) is 7.05 Å². The highest BCUT2D eigenvalue weighted by Crippen LogP contribution is 2.17. The molecule has 0 atom stereocenters. The van der Waals surface area contributed by atoms with E-state index >= 15 is 0 Å². The van der Waals surface area contributed by atoms with E-state index in [1.54, 1.807) is 38.7 Å². The van der Waals surface area contributed by atoms with Gasteiger partial charge >= 0.3 is 5.97 Å². The van der Waals surface area contributed by atoms with Crippen LogP contribution in [0.2, 0.25) is 0 Å². The van der Waals surface area contributed by atoms with Gasteiger partial charge in [-0.3, -0.25) is 14.6 Å². The summed E-state index contributed by atoms with van der Waals surface area (Å²) in [6.45, 7) is 5.55. The predicted molar refractivity (Wildman–Crippen MR) is 76.0 cm³/mol. The lowest BCUT2D eigenvalue weighted by molar-refractivity contribution is 0.0519. The average molecular weight is 306 g/mol. The second kappa shape index (κ2) is 5.96. The van der Waals surface area contributed by atoms with Gasteiger partial charge in [0.2, 0.25) is 0 Å². The first-order chi connectivity index (χ1) is 10.3. The molecule has 0 spiro atoms. The second-order valence-corrected chi connectivity index (χ2v) is 5.24. The summed E-state index contributed by atoms with van der Waals surface area (Å²) < 4.78 is 6.38. The monoisotopic (exact) mass is 306 g/mol. The van der Waals surface area contributed by atoms with Gasteiger partial charge < -0.3 is 10.1 Å². The third kappa shape index (κ3) is 3.30. The van der Waals surface area contributed by atoms with E-state index in [1.807, 2.05) is 0 Å². The number of aromatic nitrogens is 5. The third-order valence-corrected chi connectivity index (χ3v) is 2.97. The van der Waals surface area contributed by atoms with E-state index in [1.165, 1.54) is 6.07 Å². The molecule has 22 heavy (non-hydrogen) atoms. The largest absolute Gasteiger partial charge is 0.461 e. The highest BCUT2D eigenvalue weighted by Gasteiger charge is 2.28. The fourth-order valence-electron chi connectivity index (χ4n) is 1.80. The minimum Gasteiger partial charge on any atom is -0.461 e. The van der Waals surface area contributed by atoms with Gasteiger partial charge in [-0.1, -0.05) is 5.21 Å². The molecule has 2 N–H and O–H groups in total. The Morgan fingerprint density at radius 1 is 1.45 bits per heavy atom. The number of carbonyl (C=O) groups excluding carboxylic acids is 2. The van der Waals surface area contributed by atoms with Gasteiger partial charge in [0.1, 0.15) is 11.4 Å². The zero-order valence-electron chi connectivity index (χ0n) is 12.9. The van der Waals surface area contributed by atoms with E-state index in [-0.39, 0.29) is 18.0 Å². The minimum absolute atomic E-state index is 0.0972. The van der Waals surface area contributed by atoms with E-state index in [4.69, 9.17) is 4.74 Å². The molecular weight excluding hydrogens is 288 g/mol. The molecule has 9 heteroatoms. The molecule has 0 aliphatic heterocycles. The van der Waals surface area contributed by atoms with Crippen LogP contribution in [0.3, 0.4) is 0 Å². The number of esters is 1. The Bertz CT molecular complexity index is 688. The number of nitrogens with zero attached hydrogens (tertiary/aromatic N) is 4. The molecule has 1 amide bonds. The van der Waals surface area contributed by atoms with Crippen LogP contribution in [0.1, 0.15) is 47.4 Å². The number of aryl methyl sites for hydroxylation is 1. The summed E-state index contributed by atoms with van der Waals surface area (Å²) >= 11 is 0. The summed E-state index contributed by atoms with van der Waals surface area (Å²) in [5.41, 5.74) is 0.114. The highest BCUT2D eigenvalue weighted by atomic mass is 16.5. The Morgan fingerprint density at radius 2 is 2.18 bits per heavy atom. The number of carbonyl (C=O) groups is 2. The molecule has 2 heterocycles. The first kappa shape index (κ1) is 15.7. The van der Waals surface area contributed by atoms with Crippen LogP contribution in [-0.4, -0.2) is 43.7 Å². The maximum absolute atomic E-state index is 12.2. The molecule has 0 saturated heterocycles. The van der Waals surface area contributed by atoms with Crippen molar-refractivity contribution in [3.63, 3.8) is 0 Å². The molecule has 0 aromatic carbocycles. The molecule has 0 bridgehead atoms. The fourth-order valence-corrected chi connectivity index (χ4v) is 1.80. The van der Waals surface area contributed by atoms with Crippen LogP contribution in [0.5, 0.6) is 0 Å². The number of aromatic amines is 1. The van der Waals surface area contributed by atoms with Gasteiger partial charge in [0.25, 0.3) is 5.91 Å². The second-order valence-electron chi connectivity index (χ2n) is 5.24. The van der Waals surface area contributed by atoms with Crippen molar-refractivity contribution < 1.29 is 14.3 Å². The Hall–Kier alpha value is -2.71. The van der Waals surface area contributed by atoms with E-state index in [0.717, 1.165) is 0 Å². The molecule has 2 rings (SSSR count). The first-order valence-electron chi connectivity index (χ1n) is 6.75. The van der Waals surface area contributed by atoms with E-state index < -0.39 is 17.4 Å². The summed E-state index contributed by atoms with van der Waals surface area (Å²) in [7, 11) is 1.74. The minimum atomic E-state index is -0.728. The number of amides is 1. The van der Waals surface area contributed by atoms with Crippen molar-refractivity contribution in [3.8, 4) is 0 Å². The zero-order valence-corrected chi connectivity index (χ0v) is 12.9. The van der Waals surface area contributed by atoms with Crippen LogP contribution < -0.4 is 5.32 Å². The number of hydrogen-bond acceptors (Lipinski definition) is 6. The van der Waals surface area contributed by atoms with Crippen LogP contribution in [0.4, 0.5) is 0 Å². The summed E-state index contributed by atoms with van der Waals surface area (Å²) in [5, 5.41) is 16.9. The van der Waals surface area contributed by atoms with E-state index in [2.05, 4.69) is 25.8 Å². The molecule has 0 saturated carbocycles. The van der Waals surface area contributed by atoms with Crippen molar-refractivity contribution in [3.05, 3.63) is 29.3 Å². The maximum atomic E-state index is 12.2. The van der Waals surface area contributed by atoms with E-state index in [0.29, 0.717) is 5.69 Å². The van der Waals surface area contributed by atoms with Gasteiger partial charge in [0, 0.05) is 13.1 Å². The molecule has 2 aromatic heterocycles. The summed E-state index contributed by atoms with van der Waals surface area (Å²) in [6.07, 6.45) is 1.72. The number of hydrogen-bond donors (Lipinski definition) is 2. The van der Waals surface area contributed by atoms with Crippen LogP contribution >= 0.6 is 0 Å². The first-order valence-corrected chi connectivity index (χ1v) is 6.75. The maximum Gasteiger partial charge on any atom is 0.356 e. The molecule has 0 radical (unpaired) electrons. The van der Waals surface area contributed by atoms with Gasteiger partial charge in [0.05, 0.1) is 18.3 Å².